The number of hydrogen-bond acceptors (Lipinski definition) is 7. The van der Waals surface area contributed by atoms with Crippen molar-refractivity contribution in [2.24, 2.45) is 7.05 Å². The molecule has 0 fully saturated rings. The Morgan fingerprint density at radius 2 is 1.93 bits per heavy atom. The lowest BCUT2D eigenvalue weighted by Gasteiger charge is -2.09. The van der Waals surface area contributed by atoms with E-state index in [0.717, 1.165) is 10.2 Å². The number of rotatable bonds is 4. The van der Waals surface area contributed by atoms with Crippen LogP contribution >= 0.6 is 11.3 Å². The van der Waals surface area contributed by atoms with E-state index in [0.29, 0.717) is 33.1 Å². The predicted molar refractivity (Wildman–Crippen MR) is 112 cm³/mol. The second kappa shape index (κ2) is 7.47. The second-order valence-electron chi connectivity index (χ2n) is 6.56. The maximum Gasteiger partial charge on any atom is 0.270 e. The number of thiazole rings is 1. The first-order chi connectivity index (χ1) is 13.9. The minimum atomic E-state index is -0.426. The van der Waals surface area contributed by atoms with Crippen molar-refractivity contribution in [3.8, 4) is 0 Å². The van der Waals surface area contributed by atoms with E-state index in [1.807, 2.05) is 31.2 Å². The molecule has 3 N–H and O–H groups in total. The van der Waals surface area contributed by atoms with Gasteiger partial charge in [-0.1, -0.05) is 23.5 Å². The number of nitrogens with zero attached hydrogens (tertiary/aromatic N) is 4. The smallest absolute Gasteiger partial charge is 0.270 e. The van der Waals surface area contributed by atoms with Crippen molar-refractivity contribution in [1.82, 2.24) is 30.6 Å². The molecule has 0 atom stereocenters. The van der Waals surface area contributed by atoms with Gasteiger partial charge in [0.1, 0.15) is 0 Å². The highest BCUT2D eigenvalue weighted by molar-refractivity contribution is 7.22. The summed E-state index contributed by atoms with van der Waals surface area (Å²) in [6, 6.07) is 9.41. The summed E-state index contributed by atoms with van der Waals surface area (Å²) in [5, 5.41) is 8.60. The number of anilines is 1. The number of aryl methyl sites for hydroxylation is 3. The molecule has 0 saturated heterocycles. The van der Waals surface area contributed by atoms with Crippen LogP contribution in [0, 0.1) is 13.8 Å². The van der Waals surface area contributed by atoms with E-state index in [2.05, 4.69) is 31.2 Å². The normalized spacial score (nSPS) is 11.0. The third kappa shape index (κ3) is 3.74. The summed E-state index contributed by atoms with van der Waals surface area (Å²) < 4.78 is 2.67. The van der Waals surface area contributed by atoms with Crippen LogP contribution in [0.3, 0.4) is 0 Å². The number of carbonyl (C=O) groups is 2. The van der Waals surface area contributed by atoms with Crippen LogP contribution in [0.25, 0.3) is 21.3 Å². The summed E-state index contributed by atoms with van der Waals surface area (Å²) in [6.45, 7) is 3.60. The fourth-order valence-corrected chi connectivity index (χ4v) is 3.95. The molecule has 0 aliphatic carbocycles. The lowest BCUT2D eigenvalue weighted by atomic mass is 10.1. The van der Waals surface area contributed by atoms with E-state index in [1.165, 1.54) is 11.3 Å². The summed E-state index contributed by atoms with van der Waals surface area (Å²) in [5.41, 5.74) is 8.18. The van der Waals surface area contributed by atoms with Crippen LogP contribution < -0.4 is 16.2 Å². The van der Waals surface area contributed by atoms with Gasteiger partial charge < -0.3 is 5.32 Å². The molecule has 0 aliphatic rings. The van der Waals surface area contributed by atoms with Gasteiger partial charge in [0, 0.05) is 12.7 Å². The molecule has 3 aromatic heterocycles. The molecule has 0 aliphatic heterocycles. The SMILES string of the molecule is Cc1cc(C(=O)NNC(=O)CNc2nc3ccccc3s2)c2c(C)nn(C)c2n1. The lowest BCUT2D eigenvalue weighted by Crippen LogP contribution is -2.44. The molecule has 0 unspecified atom stereocenters. The summed E-state index contributed by atoms with van der Waals surface area (Å²) in [5.74, 6) is -0.813. The summed E-state index contributed by atoms with van der Waals surface area (Å²) >= 11 is 1.46. The van der Waals surface area contributed by atoms with Crippen LogP contribution in [0.2, 0.25) is 0 Å². The molecule has 3 heterocycles. The standard InChI is InChI=1S/C19H19N7O2S/c1-10-8-12(16-11(2)25-26(3)17(16)21-10)18(28)24-23-15(27)9-20-19-22-13-6-4-5-7-14(13)29-19/h4-8H,9H2,1-3H3,(H,20,22)(H,23,27)(H,24,28). The Morgan fingerprint density at radius 3 is 2.72 bits per heavy atom. The molecular weight excluding hydrogens is 390 g/mol. The van der Waals surface area contributed by atoms with E-state index in [-0.39, 0.29) is 12.5 Å². The number of pyridine rings is 1. The van der Waals surface area contributed by atoms with Gasteiger partial charge in [-0.05, 0) is 32.0 Å². The largest absolute Gasteiger partial charge is 0.352 e. The van der Waals surface area contributed by atoms with Gasteiger partial charge in [0.2, 0.25) is 0 Å². The molecule has 10 heteroatoms. The molecule has 0 spiro atoms. The second-order valence-corrected chi connectivity index (χ2v) is 7.59. The van der Waals surface area contributed by atoms with Gasteiger partial charge in [-0.25, -0.2) is 9.97 Å². The van der Waals surface area contributed by atoms with Crippen LogP contribution in [0.15, 0.2) is 30.3 Å². The van der Waals surface area contributed by atoms with Crippen molar-refractivity contribution in [2.75, 3.05) is 11.9 Å². The van der Waals surface area contributed by atoms with Crippen LogP contribution in [0.5, 0.6) is 0 Å². The maximum absolute atomic E-state index is 12.6. The molecule has 0 radical (unpaired) electrons. The maximum atomic E-state index is 12.6. The number of nitrogens with one attached hydrogen (secondary N) is 3. The summed E-state index contributed by atoms with van der Waals surface area (Å²) in [7, 11) is 1.78. The molecule has 2 amide bonds. The number of fused-ring (bicyclic) bond motifs is 2. The number of amides is 2. The van der Waals surface area contributed by atoms with Gasteiger partial charge in [0.05, 0.1) is 33.4 Å². The summed E-state index contributed by atoms with van der Waals surface area (Å²) in [6.07, 6.45) is 0. The van der Waals surface area contributed by atoms with Gasteiger partial charge in [-0.15, -0.1) is 0 Å². The van der Waals surface area contributed by atoms with Gasteiger partial charge in [0.15, 0.2) is 10.8 Å². The average molecular weight is 409 g/mol. The number of hydrogen-bond donors (Lipinski definition) is 3. The molecular formula is C19H19N7O2S. The van der Waals surface area contributed by atoms with Crippen molar-refractivity contribution in [1.29, 1.82) is 0 Å². The van der Waals surface area contributed by atoms with E-state index in [1.54, 1.807) is 24.7 Å². The molecule has 29 heavy (non-hydrogen) atoms. The Morgan fingerprint density at radius 1 is 1.14 bits per heavy atom. The zero-order chi connectivity index (χ0) is 20.5. The van der Waals surface area contributed by atoms with Crippen LogP contribution in [0.4, 0.5) is 5.13 Å². The number of hydrazine groups is 1. The van der Waals surface area contributed by atoms with Gasteiger partial charge >= 0.3 is 0 Å². The lowest BCUT2D eigenvalue weighted by molar-refractivity contribution is -0.120. The minimum absolute atomic E-state index is 0.0171. The highest BCUT2D eigenvalue weighted by Crippen LogP contribution is 2.25. The third-order valence-electron chi connectivity index (χ3n) is 4.35. The first-order valence-corrected chi connectivity index (χ1v) is 9.73. The topological polar surface area (TPSA) is 114 Å². The number of benzene rings is 1. The van der Waals surface area contributed by atoms with Gasteiger partial charge in [-0.2, -0.15) is 5.10 Å². The predicted octanol–water partition coefficient (Wildman–Crippen LogP) is 2.07. The quantitative estimate of drug-likeness (QED) is 0.445. The Kier molecular flexibility index (Phi) is 4.85. The number of para-hydroxylation sites is 1. The summed E-state index contributed by atoms with van der Waals surface area (Å²) in [4.78, 5) is 33.6. The fourth-order valence-electron chi connectivity index (χ4n) is 3.09. The number of aromatic nitrogens is 4. The molecule has 4 aromatic rings. The fraction of sp³-hybridized carbons (Fsp3) is 0.211. The Labute approximate surface area is 170 Å². The highest BCUT2D eigenvalue weighted by Gasteiger charge is 2.18. The van der Waals surface area contributed by atoms with Crippen LogP contribution in [-0.4, -0.2) is 38.1 Å². The molecule has 4 rings (SSSR count). The van der Waals surface area contributed by atoms with Crippen molar-refractivity contribution < 1.29 is 9.59 Å². The molecule has 9 nitrogen and oxygen atoms in total. The van der Waals surface area contributed by atoms with Gasteiger partial charge in [0.25, 0.3) is 11.8 Å². The van der Waals surface area contributed by atoms with Gasteiger partial charge in [-0.3, -0.25) is 25.1 Å². The Hall–Kier alpha value is -3.53. The zero-order valence-corrected chi connectivity index (χ0v) is 16.9. The monoisotopic (exact) mass is 409 g/mol. The van der Waals surface area contributed by atoms with E-state index in [4.69, 9.17) is 0 Å². The molecule has 148 valence electrons. The first-order valence-electron chi connectivity index (χ1n) is 8.92. The minimum Gasteiger partial charge on any atom is -0.352 e. The average Bonchev–Trinajstić information content (AvgIpc) is 3.24. The number of carbonyl (C=O) groups excluding carboxylic acids is 2. The van der Waals surface area contributed by atoms with Crippen molar-refractivity contribution in [3.05, 3.63) is 47.3 Å². The molecule has 1 aromatic carbocycles. The first kappa shape index (κ1) is 18.8. The van der Waals surface area contributed by atoms with Crippen molar-refractivity contribution in [3.63, 3.8) is 0 Å². The highest BCUT2D eigenvalue weighted by atomic mass is 32.1. The molecule has 0 saturated carbocycles. The van der Waals surface area contributed by atoms with Crippen LogP contribution in [0.1, 0.15) is 21.7 Å². The van der Waals surface area contributed by atoms with E-state index in [9.17, 15) is 9.59 Å². The van der Waals surface area contributed by atoms with Crippen LogP contribution in [-0.2, 0) is 11.8 Å². The van der Waals surface area contributed by atoms with Crippen molar-refractivity contribution >= 4 is 49.5 Å². The van der Waals surface area contributed by atoms with E-state index >= 15 is 0 Å². The Bertz CT molecular complexity index is 1210. The van der Waals surface area contributed by atoms with E-state index < -0.39 is 5.91 Å². The third-order valence-corrected chi connectivity index (χ3v) is 5.34. The Balaban J connectivity index is 1.40. The molecule has 0 bridgehead atoms. The van der Waals surface area contributed by atoms with Crippen molar-refractivity contribution in [2.45, 2.75) is 13.8 Å². The zero-order valence-electron chi connectivity index (χ0n) is 16.1.